The number of benzene rings is 2. The van der Waals surface area contributed by atoms with E-state index in [1.165, 1.54) is 5.56 Å². The molecule has 0 unspecified atom stereocenters. The molecule has 0 aliphatic carbocycles. The number of fused-ring (bicyclic) bond motifs is 3. The molecule has 24 heavy (non-hydrogen) atoms. The van der Waals surface area contributed by atoms with Crippen LogP contribution in [0.15, 0.2) is 53.6 Å². The minimum atomic E-state index is -0.0833. The Labute approximate surface area is 142 Å². The Morgan fingerprint density at radius 2 is 1.92 bits per heavy atom. The van der Waals surface area contributed by atoms with Gasteiger partial charge in [-0.3, -0.25) is 0 Å². The van der Waals surface area contributed by atoms with Crippen molar-refractivity contribution in [1.29, 1.82) is 0 Å². The average Bonchev–Trinajstić information content (AvgIpc) is 3.06. The topological polar surface area (TPSA) is 34.1 Å². The number of hydrazone groups is 1. The highest BCUT2D eigenvalue weighted by molar-refractivity contribution is 6.01. The van der Waals surface area contributed by atoms with Gasteiger partial charge in [-0.15, -0.1) is 0 Å². The van der Waals surface area contributed by atoms with Crippen LogP contribution in [0.1, 0.15) is 37.4 Å². The molecule has 4 heteroatoms. The van der Waals surface area contributed by atoms with Crippen molar-refractivity contribution in [2.24, 2.45) is 11.0 Å². The second-order valence-corrected chi connectivity index (χ2v) is 6.64. The number of rotatable bonds is 3. The first-order chi connectivity index (χ1) is 11.7. The molecular weight excluding hydrogens is 300 g/mol. The lowest BCUT2D eigenvalue weighted by Gasteiger charge is -2.40. The summed E-state index contributed by atoms with van der Waals surface area (Å²) in [5.74, 6) is 1.99. The van der Waals surface area contributed by atoms with Gasteiger partial charge in [0.2, 0.25) is 0 Å². The van der Waals surface area contributed by atoms with E-state index >= 15 is 0 Å². The average molecular weight is 322 g/mol. The van der Waals surface area contributed by atoms with E-state index in [4.69, 9.17) is 14.6 Å². The van der Waals surface area contributed by atoms with Crippen LogP contribution in [-0.4, -0.2) is 24.1 Å². The fourth-order valence-electron chi connectivity index (χ4n) is 3.52. The van der Waals surface area contributed by atoms with E-state index in [9.17, 15) is 0 Å². The summed E-state index contributed by atoms with van der Waals surface area (Å²) in [5.41, 5.74) is 3.45. The second-order valence-electron chi connectivity index (χ2n) is 6.64. The lowest BCUT2D eigenvalue weighted by Crippen LogP contribution is -2.43. The van der Waals surface area contributed by atoms with E-state index < -0.39 is 0 Å². The molecule has 0 bridgehead atoms. The Hall–Kier alpha value is -2.49. The van der Waals surface area contributed by atoms with Crippen molar-refractivity contribution >= 4 is 5.71 Å². The van der Waals surface area contributed by atoms with Gasteiger partial charge in [0, 0.05) is 17.9 Å². The van der Waals surface area contributed by atoms with Crippen molar-refractivity contribution in [3.05, 3.63) is 59.7 Å². The maximum absolute atomic E-state index is 6.31. The maximum Gasteiger partial charge on any atom is 0.190 e. The fraction of sp³-hybridized carbons (Fsp3) is 0.350. The van der Waals surface area contributed by atoms with Gasteiger partial charge in [-0.2, -0.15) is 5.10 Å². The number of hydrogen-bond acceptors (Lipinski definition) is 4. The van der Waals surface area contributed by atoms with Crippen LogP contribution in [-0.2, 0) is 0 Å². The van der Waals surface area contributed by atoms with Crippen LogP contribution in [0, 0.1) is 5.92 Å². The Kier molecular flexibility index (Phi) is 3.68. The lowest BCUT2D eigenvalue weighted by molar-refractivity contribution is -0.0476. The third kappa shape index (κ3) is 2.33. The van der Waals surface area contributed by atoms with E-state index in [0.29, 0.717) is 5.92 Å². The first-order valence-electron chi connectivity index (χ1n) is 8.44. The third-order valence-corrected chi connectivity index (χ3v) is 4.71. The second kappa shape index (κ2) is 5.86. The standard InChI is InChI=1S/C20H22N2O2/c1-13(2)20-22-17(12-16(21-22)14-8-5-4-6-9-14)15-10-7-11-18(23-3)19(15)24-20/h4-11,13,17,20H,12H2,1-3H3/t17-,20+/m0/s1. The predicted octanol–water partition coefficient (Wildman–Crippen LogP) is 4.22. The van der Waals surface area contributed by atoms with Gasteiger partial charge in [-0.25, -0.2) is 5.01 Å². The molecule has 0 amide bonds. The SMILES string of the molecule is COc1cccc2c1O[C@H](C(C)C)N1N=C(c3ccccc3)C[C@@H]21. The maximum atomic E-state index is 6.31. The highest BCUT2D eigenvalue weighted by atomic mass is 16.5. The smallest absolute Gasteiger partial charge is 0.190 e. The molecule has 0 spiro atoms. The first-order valence-corrected chi connectivity index (χ1v) is 8.44. The Balaban J connectivity index is 1.78. The zero-order valence-electron chi connectivity index (χ0n) is 14.3. The largest absolute Gasteiger partial charge is 0.493 e. The number of hydrogen-bond donors (Lipinski definition) is 0. The molecule has 0 radical (unpaired) electrons. The van der Waals surface area contributed by atoms with Gasteiger partial charge < -0.3 is 9.47 Å². The van der Waals surface area contributed by atoms with Crippen LogP contribution in [0.5, 0.6) is 11.5 Å². The molecule has 2 heterocycles. The highest BCUT2D eigenvalue weighted by Gasteiger charge is 2.42. The minimum Gasteiger partial charge on any atom is -0.493 e. The van der Waals surface area contributed by atoms with Gasteiger partial charge >= 0.3 is 0 Å². The van der Waals surface area contributed by atoms with Crippen LogP contribution < -0.4 is 9.47 Å². The van der Waals surface area contributed by atoms with E-state index in [-0.39, 0.29) is 12.3 Å². The molecule has 2 atom stereocenters. The molecule has 0 aromatic heterocycles. The van der Waals surface area contributed by atoms with Gasteiger partial charge in [0.15, 0.2) is 17.7 Å². The van der Waals surface area contributed by atoms with Crippen molar-refractivity contribution in [1.82, 2.24) is 5.01 Å². The summed E-state index contributed by atoms with van der Waals surface area (Å²) < 4.78 is 11.8. The molecular formula is C20H22N2O2. The summed E-state index contributed by atoms with van der Waals surface area (Å²) in [6.45, 7) is 4.33. The summed E-state index contributed by atoms with van der Waals surface area (Å²) >= 11 is 0. The van der Waals surface area contributed by atoms with E-state index in [0.717, 1.165) is 29.2 Å². The van der Waals surface area contributed by atoms with Crippen molar-refractivity contribution in [2.75, 3.05) is 7.11 Å². The molecule has 2 aliphatic heterocycles. The Morgan fingerprint density at radius 3 is 2.62 bits per heavy atom. The number of methoxy groups -OCH3 is 1. The lowest BCUT2D eigenvalue weighted by atomic mass is 9.95. The van der Waals surface area contributed by atoms with Gasteiger partial charge in [0.25, 0.3) is 0 Å². The molecule has 2 aromatic rings. The molecule has 4 nitrogen and oxygen atoms in total. The van der Waals surface area contributed by atoms with Gasteiger partial charge in [0.1, 0.15) is 0 Å². The highest BCUT2D eigenvalue weighted by Crippen LogP contribution is 2.47. The number of nitrogens with zero attached hydrogens (tertiary/aromatic N) is 2. The molecule has 2 aliphatic rings. The monoisotopic (exact) mass is 322 g/mol. The molecule has 0 fully saturated rings. The summed E-state index contributed by atoms with van der Waals surface area (Å²) in [6, 6.07) is 16.7. The van der Waals surface area contributed by atoms with Gasteiger partial charge in [-0.1, -0.05) is 56.3 Å². The number of ether oxygens (including phenoxy) is 2. The van der Waals surface area contributed by atoms with Crippen molar-refractivity contribution in [2.45, 2.75) is 32.5 Å². The fourth-order valence-corrected chi connectivity index (χ4v) is 3.52. The van der Waals surface area contributed by atoms with E-state index in [1.54, 1.807) is 7.11 Å². The normalized spacial score (nSPS) is 21.8. The molecule has 0 N–H and O–H groups in total. The van der Waals surface area contributed by atoms with Crippen LogP contribution in [0.3, 0.4) is 0 Å². The molecule has 124 valence electrons. The van der Waals surface area contributed by atoms with Gasteiger partial charge in [0.05, 0.1) is 18.9 Å². The van der Waals surface area contributed by atoms with Crippen molar-refractivity contribution < 1.29 is 9.47 Å². The van der Waals surface area contributed by atoms with E-state index in [2.05, 4.69) is 49.2 Å². The first kappa shape index (κ1) is 15.1. The third-order valence-electron chi connectivity index (χ3n) is 4.71. The number of para-hydroxylation sites is 1. The Morgan fingerprint density at radius 1 is 1.12 bits per heavy atom. The van der Waals surface area contributed by atoms with Crippen molar-refractivity contribution in [3.8, 4) is 11.5 Å². The van der Waals surface area contributed by atoms with Gasteiger partial charge in [-0.05, 0) is 11.6 Å². The molecule has 0 saturated heterocycles. The quantitative estimate of drug-likeness (QED) is 0.848. The minimum absolute atomic E-state index is 0.0833. The summed E-state index contributed by atoms with van der Waals surface area (Å²) in [4.78, 5) is 0. The van der Waals surface area contributed by atoms with Crippen LogP contribution in [0.4, 0.5) is 0 Å². The van der Waals surface area contributed by atoms with Crippen molar-refractivity contribution in [3.63, 3.8) is 0 Å². The van der Waals surface area contributed by atoms with Crippen LogP contribution in [0.2, 0.25) is 0 Å². The molecule has 4 rings (SSSR count). The Bertz CT molecular complexity index is 770. The van der Waals surface area contributed by atoms with Crippen LogP contribution in [0.25, 0.3) is 0 Å². The summed E-state index contributed by atoms with van der Waals surface area (Å²) in [6.07, 6.45) is 0.802. The summed E-state index contributed by atoms with van der Waals surface area (Å²) in [5, 5.41) is 7.06. The predicted molar refractivity (Wildman–Crippen MR) is 94.4 cm³/mol. The summed E-state index contributed by atoms with van der Waals surface area (Å²) in [7, 11) is 1.69. The zero-order valence-corrected chi connectivity index (χ0v) is 14.3. The molecule has 2 aromatic carbocycles. The molecule has 0 saturated carbocycles. The zero-order chi connectivity index (χ0) is 16.7. The van der Waals surface area contributed by atoms with E-state index in [1.807, 2.05) is 18.2 Å². The van der Waals surface area contributed by atoms with Crippen LogP contribution >= 0.6 is 0 Å².